The number of nitrogens with two attached hydrogens (primary N) is 1. The van der Waals surface area contributed by atoms with Gasteiger partial charge in [-0.3, -0.25) is 0 Å². The number of alkyl halides is 3. The van der Waals surface area contributed by atoms with Crippen LogP contribution in [-0.4, -0.2) is 9.78 Å². The van der Waals surface area contributed by atoms with Crippen molar-refractivity contribution in [3.05, 3.63) is 74.9 Å². The average Bonchev–Trinajstić information content (AvgIpc) is 2.91. The van der Waals surface area contributed by atoms with Gasteiger partial charge in [-0.2, -0.15) is 23.5 Å². The fraction of sp³-hybridized carbons (Fsp3) is 0.111. The molecule has 9 heteroatoms. The van der Waals surface area contributed by atoms with Gasteiger partial charge in [0, 0.05) is 12.0 Å². The van der Waals surface area contributed by atoms with Gasteiger partial charge in [0.25, 0.3) is 0 Å². The molecule has 0 amide bonds. The zero-order valence-electron chi connectivity index (χ0n) is 13.6. The molecule has 1 aromatic heterocycles. The zero-order valence-corrected chi connectivity index (χ0v) is 15.1. The maximum absolute atomic E-state index is 12.9. The van der Waals surface area contributed by atoms with E-state index in [2.05, 4.69) is 5.10 Å². The monoisotopic (exact) mass is 410 g/mol. The number of nitrogen functional groups attached to an aromatic ring is 1. The summed E-state index contributed by atoms with van der Waals surface area (Å²) in [6, 6.07) is 12.7. The quantitative estimate of drug-likeness (QED) is 0.641. The van der Waals surface area contributed by atoms with E-state index in [9.17, 15) is 18.4 Å². The minimum absolute atomic E-state index is 0.0142. The Morgan fingerprint density at radius 3 is 2.22 bits per heavy atom. The maximum atomic E-state index is 12.9. The van der Waals surface area contributed by atoms with E-state index in [4.69, 9.17) is 28.9 Å². The van der Waals surface area contributed by atoms with Crippen LogP contribution in [-0.2, 0) is 12.6 Å². The van der Waals surface area contributed by atoms with Crippen LogP contribution >= 0.6 is 23.2 Å². The predicted octanol–water partition coefficient (Wildman–Crippen LogP) is 5.24. The lowest BCUT2D eigenvalue weighted by molar-refractivity contribution is -0.137. The largest absolute Gasteiger partial charge is 0.416 e. The lowest BCUT2D eigenvalue weighted by Crippen LogP contribution is -2.09. The van der Waals surface area contributed by atoms with Crippen molar-refractivity contribution in [3.63, 3.8) is 0 Å². The number of nitrogens with zero attached hydrogens (tertiary/aromatic N) is 3. The first-order chi connectivity index (χ1) is 12.7. The van der Waals surface area contributed by atoms with Crippen molar-refractivity contribution < 1.29 is 13.2 Å². The molecule has 27 heavy (non-hydrogen) atoms. The molecule has 0 spiro atoms. The molecule has 4 nitrogen and oxygen atoms in total. The SMILES string of the molecule is N#Cc1nn(-c2c(Cl)cc(C(F)(F)F)cc2Cl)c(N)c1Cc1ccccc1. The van der Waals surface area contributed by atoms with Crippen LogP contribution < -0.4 is 5.73 Å². The minimum atomic E-state index is -4.60. The van der Waals surface area contributed by atoms with E-state index in [-0.39, 0.29) is 27.2 Å². The summed E-state index contributed by atoms with van der Waals surface area (Å²) in [6.07, 6.45) is -4.27. The summed E-state index contributed by atoms with van der Waals surface area (Å²) in [7, 11) is 0. The molecule has 0 saturated heterocycles. The molecular weight excluding hydrogens is 400 g/mol. The highest BCUT2D eigenvalue weighted by Crippen LogP contribution is 2.38. The molecule has 1 heterocycles. The molecule has 0 radical (unpaired) electrons. The summed E-state index contributed by atoms with van der Waals surface area (Å²) in [5, 5.41) is 12.9. The molecule has 3 aromatic rings. The highest BCUT2D eigenvalue weighted by molar-refractivity contribution is 6.38. The summed E-state index contributed by atoms with van der Waals surface area (Å²) in [4.78, 5) is 0. The van der Waals surface area contributed by atoms with Gasteiger partial charge in [0.1, 0.15) is 17.6 Å². The van der Waals surface area contributed by atoms with Crippen molar-refractivity contribution in [1.29, 1.82) is 5.26 Å². The van der Waals surface area contributed by atoms with Crippen LogP contribution in [0.3, 0.4) is 0 Å². The number of halogens is 5. The second kappa shape index (κ2) is 7.14. The zero-order chi connectivity index (χ0) is 19.8. The van der Waals surface area contributed by atoms with E-state index in [0.29, 0.717) is 12.0 Å². The summed E-state index contributed by atoms with van der Waals surface area (Å²) < 4.78 is 39.9. The molecule has 2 N–H and O–H groups in total. The van der Waals surface area contributed by atoms with Gasteiger partial charge in [-0.25, -0.2) is 4.68 Å². The molecule has 0 unspecified atom stereocenters. The number of hydrogen-bond acceptors (Lipinski definition) is 3. The first-order valence-electron chi connectivity index (χ1n) is 7.60. The Morgan fingerprint density at radius 1 is 1.11 bits per heavy atom. The van der Waals surface area contributed by atoms with E-state index in [1.165, 1.54) is 0 Å². The number of aromatic nitrogens is 2. The molecule has 0 atom stereocenters. The molecule has 2 aromatic carbocycles. The van der Waals surface area contributed by atoms with Crippen LogP contribution in [0.4, 0.5) is 19.0 Å². The molecule has 0 fully saturated rings. The molecule has 3 rings (SSSR count). The van der Waals surface area contributed by atoms with E-state index in [0.717, 1.165) is 22.4 Å². The van der Waals surface area contributed by atoms with Crippen LogP contribution in [0.2, 0.25) is 10.0 Å². The lowest BCUT2D eigenvalue weighted by atomic mass is 10.1. The Morgan fingerprint density at radius 2 is 1.70 bits per heavy atom. The van der Waals surface area contributed by atoms with Gasteiger partial charge in [-0.15, -0.1) is 0 Å². The van der Waals surface area contributed by atoms with E-state index in [1.807, 2.05) is 36.4 Å². The third-order valence-corrected chi connectivity index (χ3v) is 4.49. The smallest absolute Gasteiger partial charge is 0.383 e. The van der Waals surface area contributed by atoms with Crippen molar-refractivity contribution >= 4 is 29.0 Å². The normalized spacial score (nSPS) is 11.4. The van der Waals surface area contributed by atoms with Crippen molar-refractivity contribution in [3.8, 4) is 11.8 Å². The molecule has 0 saturated carbocycles. The van der Waals surface area contributed by atoms with Crippen molar-refractivity contribution in [2.24, 2.45) is 0 Å². The number of rotatable bonds is 3. The maximum Gasteiger partial charge on any atom is 0.416 e. The Kier molecular flexibility index (Phi) is 5.05. The van der Waals surface area contributed by atoms with Crippen LogP contribution in [0, 0.1) is 11.3 Å². The van der Waals surface area contributed by atoms with Gasteiger partial charge in [0.2, 0.25) is 0 Å². The number of anilines is 1. The summed E-state index contributed by atoms with van der Waals surface area (Å²) >= 11 is 12.1. The second-order valence-electron chi connectivity index (χ2n) is 5.68. The van der Waals surface area contributed by atoms with Gasteiger partial charge in [0.15, 0.2) is 5.69 Å². The lowest BCUT2D eigenvalue weighted by Gasteiger charge is -2.13. The van der Waals surface area contributed by atoms with E-state index in [1.54, 1.807) is 0 Å². The number of benzene rings is 2. The van der Waals surface area contributed by atoms with Gasteiger partial charge >= 0.3 is 6.18 Å². The molecule has 0 aliphatic rings. The molecule has 0 aliphatic carbocycles. The Labute approximate surface area is 162 Å². The molecule has 0 bridgehead atoms. The van der Waals surface area contributed by atoms with Crippen molar-refractivity contribution in [2.75, 3.05) is 5.73 Å². The predicted molar refractivity (Wildman–Crippen MR) is 97.0 cm³/mol. The highest BCUT2D eigenvalue weighted by Gasteiger charge is 2.32. The Balaban J connectivity index is 2.13. The van der Waals surface area contributed by atoms with Crippen LogP contribution in [0.25, 0.3) is 5.69 Å². The van der Waals surface area contributed by atoms with Crippen LogP contribution in [0.5, 0.6) is 0 Å². The summed E-state index contributed by atoms with van der Waals surface area (Å²) in [5.74, 6) is 0.0824. The van der Waals surface area contributed by atoms with Crippen LogP contribution in [0.1, 0.15) is 22.4 Å². The fourth-order valence-electron chi connectivity index (χ4n) is 2.63. The van der Waals surface area contributed by atoms with Crippen LogP contribution in [0.15, 0.2) is 42.5 Å². The Bertz CT molecular complexity index is 1010. The average molecular weight is 411 g/mol. The van der Waals surface area contributed by atoms with Crippen molar-refractivity contribution in [1.82, 2.24) is 9.78 Å². The van der Waals surface area contributed by atoms with Crippen molar-refractivity contribution in [2.45, 2.75) is 12.6 Å². The minimum Gasteiger partial charge on any atom is -0.383 e. The van der Waals surface area contributed by atoms with E-state index < -0.39 is 11.7 Å². The molecule has 138 valence electrons. The van der Waals surface area contributed by atoms with Gasteiger partial charge in [0.05, 0.1) is 15.6 Å². The van der Waals surface area contributed by atoms with E-state index >= 15 is 0 Å². The third-order valence-electron chi connectivity index (χ3n) is 3.91. The first-order valence-corrected chi connectivity index (χ1v) is 8.36. The molecule has 0 aliphatic heterocycles. The number of hydrogen-bond donors (Lipinski definition) is 1. The third kappa shape index (κ3) is 3.72. The second-order valence-corrected chi connectivity index (χ2v) is 6.50. The topological polar surface area (TPSA) is 67.6 Å². The van der Waals surface area contributed by atoms with Gasteiger partial charge in [-0.05, 0) is 17.7 Å². The fourth-order valence-corrected chi connectivity index (χ4v) is 3.28. The summed E-state index contributed by atoms with van der Waals surface area (Å²) in [5.41, 5.74) is 6.51. The standard InChI is InChI=1S/C18H11Cl2F3N4/c19-13-7-11(18(21,22)23)8-14(20)16(13)27-17(25)12(15(9-24)26-27)6-10-4-2-1-3-5-10/h1-5,7-8H,6,25H2. The Hall–Kier alpha value is -2.69. The number of nitriles is 1. The van der Waals surface area contributed by atoms with Gasteiger partial charge in [-0.1, -0.05) is 53.5 Å². The summed E-state index contributed by atoms with van der Waals surface area (Å²) in [6.45, 7) is 0. The van der Waals surface area contributed by atoms with Gasteiger partial charge < -0.3 is 5.73 Å². The molecular formula is C18H11Cl2F3N4. The first kappa shape index (κ1) is 19.1. The highest BCUT2D eigenvalue weighted by atomic mass is 35.5.